The Hall–Kier alpha value is -5.84. The van der Waals surface area contributed by atoms with E-state index in [1.54, 1.807) is 0 Å². The molecule has 0 fully saturated rings. The molecule has 3 aliphatic rings. The van der Waals surface area contributed by atoms with Crippen LogP contribution in [0.25, 0.3) is 11.1 Å². The highest BCUT2D eigenvalue weighted by molar-refractivity contribution is 6.99. The third-order valence-electron chi connectivity index (χ3n) is 15.2. The van der Waals surface area contributed by atoms with Gasteiger partial charge in [0.05, 0.1) is 22.7 Å². The first-order valence-corrected chi connectivity index (χ1v) is 24.5. The van der Waals surface area contributed by atoms with Crippen LogP contribution >= 0.6 is 0 Å². The molecule has 0 atom stereocenters. The molecule has 0 aliphatic carbocycles. The summed E-state index contributed by atoms with van der Waals surface area (Å²) in [6.07, 6.45) is 0. The Bertz CT molecular complexity index is 2890. The van der Waals surface area contributed by atoms with E-state index in [2.05, 4.69) is 253 Å². The van der Waals surface area contributed by atoms with Crippen LogP contribution in [0.15, 0.2) is 133 Å². The first-order chi connectivity index (χ1) is 31.5. The second-order valence-corrected chi connectivity index (χ2v) is 23.7. The summed E-state index contributed by atoms with van der Waals surface area (Å²) in [6, 6.07) is 52.1. The lowest BCUT2D eigenvalue weighted by atomic mass is 9.35. The van der Waals surface area contributed by atoms with Crippen LogP contribution in [0, 0.1) is 13.8 Å². The Morgan fingerprint density at radius 1 is 0.418 bits per heavy atom. The maximum atomic E-state index is 4.50. The van der Waals surface area contributed by atoms with Crippen molar-refractivity contribution in [2.75, 3.05) is 16.8 Å². The van der Waals surface area contributed by atoms with E-state index in [1.807, 2.05) is 0 Å². The van der Waals surface area contributed by atoms with Gasteiger partial charge >= 0.3 is 0 Å². The van der Waals surface area contributed by atoms with E-state index in [9.17, 15) is 0 Å². The van der Waals surface area contributed by atoms with Crippen LogP contribution < -0.4 is 31.9 Å². The highest BCUT2D eigenvalue weighted by atomic mass is 15.2. The number of rotatable bonds is 3. The van der Waals surface area contributed by atoms with E-state index >= 15 is 0 Å². The maximum absolute atomic E-state index is 4.50. The summed E-state index contributed by atoms with van der Waals surface area (Å²) in [7, 11) is 1.50. The predicted octanol–water partition coefficient (Wildman–Crippen LogP) is 14.5. The Kier molecular flexibility index (Phi) is 11.0. The van der Waals surface area contributed by atoms with Crippen molar-refractivity contribution in [1.29, 1.82) is 0 Å². The van der Waals surface area contributed by atoms with E-state index in [1.165, 1.54) is 119 Å². The van der Waals surface area contributed by atoms with Gasteiger partial charge in [-0.05, 0) is 136 Å². The third-order valence-corrected chi connectivity index (χ3v) is 15.2. The number of benzene rings is 7. The van der Waals surface area contributed by atoms with E-state index in [0.717, 1.165) is 0 Å². The van der Waals surface area contributed by atoms with Crippen LogP contribution in [-0.2, 0) is 27.1 Å². The molecule has 0 aromatic heterocycles. The van der Waals surface area contributed by atoms with Gasteiger partial charge < -0.3 is 15.5 Å². The summed E-state index contributed by atoms with van der Waals surface area (Å²) in [5.41, 5.74) is 30.6. The van der Waals surface area contributed by atoms with Gasteiger partial charge in [-0.15, -0.1) is 0 Å². The SMILES string of the molecule is CN.Cc1ccc2c(c1)C(C)(C)c1ccccc1N2c1ccc2c(c1)-c1cc(N3c4ccccc4C(C)(C)c4cc(C)ccc43)ccc1B2c1c(C(C)(C)C)cc(C(C)(C)C)cc1C(C)(C)C. The van der Waals surface area contributed by atoms with Gasteiger partial charge in [-0.1, -0.05) is 202 Å². The normalized spacial score (nSPS) is 15.4. The van der Waals surface area contributed by atoms with Crippen molar-refractivity contribution >= 4 is 57.2 Å². The molecule has 0 amide bonds. The minimum Gasteiger partial charge on any atom is -0.333 e. The number of nitrogens with zero attached hydrogens (tertiary/aromatic N) is 2. The molecule has 10 rings (SSSR count). The number of nitrogens with two attached hydrogens (primary N) is 1. The zero-order chi connectivity index (χ0) is 48.3. The molecule has 7 aromatic carbocycles. The second-order valence-electron chi connectivity index (χ2n) is 23.7. The molecule has 0 saturated carbocycles. The molecule has 3 heterocycles. The van der Waals surface area contributed by atoms with Crippen LogP contribution in [0.1, 0.15) is 140 Å². The van der Waals surface area contributed by atoms with Crippen molar-refractivity contribution in [3.63, 3.8) is 0 Å². The van der Waals surface area contributed by atoms with Gasteiger partial charge in [0.1, 0.15) is 0 Å². The van der Waals surface area contributed by atoms with Crippen molar-refractivity contribution in [3.05, 3.63) is 184 Å². The molecule has 3 nitrogen and oxygen atoms in total. The van der Waals surface area contributed by atoms with Crippen molar-refractivity contribution in [1.82, 2.24) is 0 Å². The Balaban J connectivity index is 0.00000278. The van der Waals surface area contributed by atoms with Gasteiger partial charge in [0, 0.05) is 22.2 Å². The van der Waals surface area contributed by atoms with Gasteiger partial charge in [0.2, 0.25) is 6.71 Å². The summed E-state index contributed by atoms with van der Waals surface area (Å²) >= 11 is 0. The monoisotopic (exact) mass is 882 g/mol. The Labute approximate surface area is 403 Å². The molecule has 67 heavy (non-hydrogen) atoms. The average molecular weight is 882 g/mol. The number of aryl methyl sites for hydroxylation is 2. The molecule has 3 aliphatic heterocycles. The van der Waals surface area contributed by atoms with Crippen LogP contribution in [0.5, 0.6) is 0 Å². The van der Waals surface area contributed by atoms with Crippen molar-refractivity contribution in [2.45, 2.75) is 131 Å². The van der Waals surface area contributed by atoms with E-state index < -0.39 is 0 Å². The standard InChI is InChI=1S/C62H67BN2.CH5N/c1-38-24-30-55-47(32-38)61(12,13)45-20-16-18-22-53(45)64(55)41-26-28-51-43(36-41)44-37-42(65-54-23-19-17-21-46(54)62(14,15)48-33-39(2)25-31-56(48)65)27-29-52(44)63(51)57-49(59(6,7)8)34-40(58(3,4)5)35-50(57)60(9,10)11;1-2/h16-37H,1-15H3;2H2,1H3. The quantitative estimate of drug-likeness (QED) is 0.179. The average Bonchev–Trinajstić information content (AvgIpc) is 3.59. The van der Waals surface area contributed by atoms with Crippen LogP contribution in [0.4, 0.5) is 34.1 Å². The number of fused-ring (bicyclic) bond motifs is 7. The minimum atomic E-state index is -0.141. The van der Waals surface area contributed by atoms with Crippen molar-refractivity contribution in [3.8, 4) is 11.1 Å². The molecular weight excluding hydrogens is 810 g/mol. The van der Waals surface area contributed by atoms with Crippen molar-refractivity contribution < 1.29 is 0 Å². The Morgan fingerprint density at radius 3 is 1.16 bits per heavy atom. The molecule has 2 N–H and O–H groups in total. The number of para-hydroxylation sites is 2. The molecule has 0 bridgehead atoms. The molecule has 0 unspecified atom stereocenters. The number of anilines is 6. The summed E-state index contributed by atoms with van der Waals surface area (Å²) in [4.78, 5) is 5.07. The number of hydrogen-bond donors (Lipinski definition) is 1. The van der Waals surface area contributed by atoms with Gasteiger partial charge in [-0.25, -0.2) is 0 Å². The van der Waals surface area contributed by atoms with Gasteiger partial charge in [0.15, 0.2) is 0 Å². The molecular formula is C63H72BN3. The largest absolute Gasteiger partial charge is 0.333 e. The lowest BCUT2D eigenvalue weighted by molar-refractivity contribution is 0.553. The molecule has 0 saturated heterocycles. The third kappa shape index (κ3) is 7.37. The van der Waals surface area contributed by atoms with Crippen LogP contribution in [-0.4, -0.2) is 13.8 Å². The van der Waals surface area contributed by atoms with Gasteiger partial charge in [0.25, 0.3) is 0 Å². The fourth-order valence-electron chi connectivity index (χ4n) is 11.6. The summed E-state index contributed by atoms with van der Waals surface area (Å²) in [5, 5.41) is 0. The summed E-state index contributed by atoms with van der Waals surface area (Å²) in [6.45, 7) is 35.6. The fraction of sp³-hybridized carbons (Fsp3) is 0.333. The lowest BCUT2D eigenvalue weighted by Gasteiger charge is -2.42. The molecule has 0 spiro atoms. The van der Waals surface area contributed by atoms with E-state index in [4.69, 9.17) is 0 Å². The fourth-order valence-corrected chi connectivity index (χ4v) is 11.6. The summed E-state index contributed by atoms with van der Waals surface area (Å²) < 4.78 is 0. The summed E-state index contributed by atoms with van der Waals surface area (Å²) in [5.74, 6) is 0. The minimum absolute atomic E-state index is 0.0100. The molecule has 342 valence electrons. The Morgan fingerprint density at radius 2 is 0.791 bits per heavy atom. The molecule has 0 radical (unpaired) electrons. The second kappa shape index (κ2) is 15.9. The van der Waals surface area contributed by atoms with Crippen molar-refractivity contribution in [2.24, 2.45) is 5.73 Å². The number of hydrogen-bond acceptors (Lipinski definition) is 3. The van der Waals surface area contributed by atoms with Gasteiger partial charge in [-0.3, -0.25) is 0 Å². The molecule has 7 aromatic rings. The predicted molar refractivity (Wildman–Crippen MR) is 292 cm³/mol. The van der Waals surface area contributed by atoms with Crippen LogP contribution in [0.2, 0.25) is 0 Å². The highest BCUT2D eigenvalue weighted by Gasteiger charge is 2.43. The zero-order valence-electron chi connectivity index (χ0n) is 43.3. The maximum Gasteiger partial charge on any atom is 0.243 e. The molecule has 4 heteroatoms. The van der Waals surface area contributed by atoms with E-state index in [0.29, 0.717) is 0 Å². The highest BCUT2D eigenvalue weighted by Crippen LogP contribution is 2.54. The van der Waals surface area contributed by atoms with Crippen LogP contribution in [0.3, 0.4) is 0 Å². The van der Waals surface area contributed by atoms with E-state index in [-0.39, 0.29) is 33.8 Å². The lowest BCUT2D eigenvalue weighted by Crippen LogP contribution is -2.54. The zero-order valence-corrected chi connectivity index (χ0v) is 43.3. The first-order valence-electron chi connectivity index (χ1n) is 24.5. The topological polar surface area (TPSA) is 32.5 Å². The smallest absolute Gasteiger partial charge is 0.243 e. The van der Waals surface area contributed by atoms with Gasteiger partial charge in [-0.2, -0.15) is 0 Å². The first kappa shape index (κ1) is 46.3.